The Kier molecular flexibility index (Phi) is 7.92. The zero-order valence-electron chi connectivity index (χ0n) is 21.9. The molecule has 0 aliphatic heterocycles. The summed E-state index contributed by atoms with van der Waals surface area (Å²) in [5.41, 5.74) is 4.52. The van der Waals surface area contributed by atoms with Crippen LogP contribution in [0.15, 0.2) is 84.9 Å². The van der Waals surface area contributed by atoms with Crippen molar-refractivity contribution in [2.75, 3.05) is 24.3 Å². The number of carboxylic acids is 1. The lowest BCUT2D eigenvalue weighted by atomic mass is 9.86. The number of carbonyl (C=O) groups is 2. The Morgan fingerprint density at radius 1 is 0.865 bits per heavy atom. The Balaban J connectivity index is 1.74. The van der Waals surface area contributed by atoms with Gasteiger partial charge in [-0.25, -0.2) is 4.79 Å². The van der Waals surface area contributed by atoms with Gasteiger partial charge in [0.05, 0.1) is 11.5 Å². The van der Waals surface area contributed by atoms with Crippen LogP contribution in [0.25, 0.3) is 10.8 Å². The molecule has 4 aromatic carbocycles. The van der Waals surface area contributed by atoms with Crippen molar-refractivity contribution in [3.05, 3.63) is 107 Å². The topological polar surface area (TPSA) is 69.6 Å². The summed E-state index contributed by atoms with van der Waals surface area (Å²) in [6.45, 7) is 4.26. The van der Waals surface area contributed by atoms with Gasteiger partial charge in [0.25, 0.3) is 0 Å². The van der Waals surface area contributed by atoms with Crippen LogP contribution in [0.5, 0.6) is 0 Å². The van der Waals surface area contributed by atoms with Crippen molar-refractivity contribution >= 4 is 34.0 Å². The summed E-state index contributed by atoms with van der Waals surface area (Å²) in [7, 11) is 3.91. The maximum absolute atomic E-state index is 13.9. The predicted molar refractivity (Wildman–Crippen MR) is 152 cm³/mol. The van der Waals surface area contributed by atoms with Crippen LogP contribution in [0.3, 0.4) is 0 Å². The molecule has 5 heteroatoms. The van der Waals surface area contributed by atoms with E-state index in [1.54, 1.807) is 12.1 Å². The number of benzene rings is 4. The van der Waals surface area contributed by atoms with Crippen LogP contribution in [0.1, 0.15) is 53.2 Å². The lowest BCUT2D eigenvalue weighted by molar-refractivity contribution is -0.117. The Morgan fingerprint density at radius 2 is 1.57 bits per heavy atom. The van der Waals surface area contributed by atoms with Crippen LogP contribution in [0.2, 0.25) is 0 Å². The zero-order valence-corrected chi connectivity index (χ0v) is 21.9. The molecule has 0 aliphatic carbocycles. The van der Waals surface area contributed by atoms with E-state index >= 15 is 0 Å². The minimum Gasteiger partial charge on any atom is -0.478 e. The fourth-order valence-electron chi connectivity index (χ4n) is 4.82. The second kappa shape index (κ2) is 11.3. The number of nitrogens with one attached hydrogen (secondary N) is 1. The molecule has 0 bridgehead atoms. The second-order valence-electron chi connectivity index (χ2n) is 10.1. The number of hydrogen-bond donors (Lipinski definition) is 2. The van der Waals surface area contributed by atoms with Crippen LogP contribution in [-0.2, 0) is 11.2 Å². The number of carbonyl (C=O) groups excluding carboxylic acids is 1. The number of anilines is 2. The van der Waals surface area contributed by atoms with Gasteiger partial charge in [0, 0.05) is 31.9 Å². The number of amides is 1. The molecule has 1 atom stereocenters. The highest BCUT2D eigenvalue weighted by Crippen LogP contribution is 2.33. The van der Waals surface area contributed by atoms with Crippen molar-refractivity contribution in [3.63, 3.8) is 0 Å². The Bertz CT molecular complexity index is 1420. The van der Waals surface area contributed by atoms with Crippen molar-refractivity contribution < 1.29 is 14.7 Å². The van der Waals surface area contributed by atoms with Gasteiger partial charge in [0.1, 0.15) is 0 Å². The lowest BCUT2D eigenvalue weighted by Crippen LogP contribution is -2.24. The van der Waals surface area contributed by atoms with Crippen LogP contribution in [0.4, 0.5) is 11.4 Å². The molecule has 0 spiro atoms. The summed E-state index contributed by atoms with van der Waals surface area (Å²) in [6.07, 6.45) is 1.11. The molecule has 0 saturated heterocycles. The van der Waals surface area contributed by atoms with Gasteiger partial charge in [0.15, 0.2) is 0 Å². The number of fused-ring (bicyclic) bond motifs is 1. The largest absolute Gasteiger partial charge is 0.478 e. The van der Waals surface area contributed by atoms with Gasteiger partial charge < -0.3 is 15.3 Å². The SMILES string of the molecule is CC(C)CC(C(=O)Nc1cc(N(C)C)ccc1Cc1ccccc1C(=O)O)c1cccc2ccccc12. The standard InChI is InChI=1S/C32H34N2O3/c1-21(2)18-29(28-15-9-12-22-10-5-7-13-26(22)28)31(35)33-30-20-25(34(3)4)17-16-24(30)19-23-11-6-8-14-27(23)32(36)37/h5-17,20-21,29H,18-19H2,1-4H3,(H,33,35)(H,36,37). The van der Waals surface area contributed by atoms with E-state index in [9.17, 15) is 14.7 Å². The summed E-state index contributed by atoms with van der Waals surface area (Å²) in [5.74, 6) is -1.02. The van der Waals surface area contributed by atoms with E-state index in [2.05, 4.69) is 43.4 Å². The summed E-state index contributed by atoms with van der Waals surface area (Å²) < 4.78 is 0. The number of aromatic carboxylic acids is 1. The molecule has 4 aromatic rings. The van der Waals surface area contributed by atoms with E-state index in [0.29, 0.717) is 30.0 Å². The van der Waals surface area contributed by atoms with E-state index in [1.165, 1.54) is 0 Å². The first kappa shape index (κ1) is 26.0. The van der Waals surface area contributed by atoms with Crippen LogP contribution >= 0.6 is 0 Å². The van der Waals surface area contributed by atoms with Gasteiger partial charge in [-0.15, -0.1) is 0 Å². The fourth-order valence-corrected chi connectivity index (χ4v) is 4.82. The van der Waals surface area contributed by atoms with Crippen molar-refractivity contribution in [1.29, 1.82) is 0 Å². The molecule has 1 amide bonds. The van der Waals surface area contributed by atoms with Crippen LogP contribution in [0, 0.1) is 5.92 Å². The maximum atomic E-state index is 13.9. The minimum absolute atomic E-state index is 0.0614. The normalized spacial score (nSPS) is 11.9. The molecule has 5 nitrogen and oxygen atoms in total. The van der Waals surface area contributed by atoms with E-state index in [-0.39, 0.29) is 17.4 Å². The highest BCUT2D eigenvalue weighted by atomic mass is 16.4. The van der Waals surface area contributed by atoms with Gasteiger partial charge in [-0.3, -0.25) is 4.79 Å². The molecule has 4 rings (SSSR count). The Morgan fingerprint density at radius 3 is 2.30 bits per heavy atom. The van der Waals surface area contributed by atoms with E-state index in [0.717, 1.165) is 27.6 Å². The zero-order chi connectivity index (χ0) is 26.5. The highest BCUT2D eigenvalue weighted by molar-refractivity contribution is 6.00. The molecule has 0 saturated carbocycles. The van der Waals surface area contributed by atoms with Gasteiger partial charge in [-0.1, -0.05) is 80.6 Å². The van der Waals surface area contributed by atoms with Crippen LogP contribution in [-0.4, -0.2) is 31.1 Å². The van der Waals surface area contributed by atoms with Gasteiger partial charge in [-0.2, -0.15) is 0 Å². The first-order chi connectivity index (χ1) is 17.7. The summed E-state index contributed by atoms with van der Waals surface area (Å²) in [5, 5.41) is 15.1. The van der Waals surface area contributed by atoms with Gasteiger partial charge >= 0.3 is 5.97 Å². The average molecular weight is 495 g/mol. The molecular formula is C32H34N2O3. The van der Waals surface area contributed by atoms with E-state index in [4.69, 9.17) is 0 Å². The summed E-state index contributed by atoms with van der Waals surface area (Å²) >= 11 is 0. The van der Waals surface area contributed by atoms with Crippen LogP contribution < -0.4 is 10.2 Å². The van der Waals surface area contributed by atoms with Gasteiger partial charge in [0.2, 0.25) is 5.91 Å². The third kappa shape index (κ3) is 6.00. The fraction of sp³-hybridized carbons (Fsp3) is 0.250. The molecule has 1 unspecified atom stereocenters. The third-order valence-corrected chi connectivity index (χ3v) is 6.72. The van der Waals surface area contributed by atoms with Gasteiger partial charge in [-0.05, 0) is 58.0 Å². The van der Waals surface area contributed by atoms with Crippen molar-refractivity contribution in [1.82, 2.24) is 0 Å². The van der Waals surface area contributed by atoms with Crippen molar-refractivity contribution in [3.8, 4) is 0 Å². The Labute approximate surface area is 218 Å². The first-order valence-electron chi connectivity index (χ1n) is 12.6. The molecule has 0 heterocycles. The number of nitrogens with zero attached hydrogens (tertiary/aromatic N) is 1. The smallest absolute Gasteiger partial charge is 0.335 e. The van der Waals surface area contributed by atoms with Crippen molar-refractivity contribution in [2.24, 2.45) is 5.92 Å². The molecular weight excluding hydrogens is 460 g/mol. The monoisotopic (exact) mass is 494 g/mol. The quantitative estimate of drug-likeness (QED) is 0.264. The van der Waals surface area contributed by atoms with Crippen molar-refractivity contribution in [2.45, 2.75) is 32.6 Å². The highest BCUT2D eigenvalue weighted by Gasteiger charge is 2.25. The number of rotatable bonds is 9. The second-order valence-corrected chi connectivity index (χ2v) is 10.1. The maximum Gasteiger partial charge on any atom is 0.335 e. The molecule has 0 fully saturated rings. The van der Waals surface area contributed by atoms with E-state index < -0.39 is 5.97 Å². The summed E-state index contributed by atoms with van der Waals surface area (Å²) in [4.78, 5) is 27.7. The molecule has 0 aliphatic rings. The molecule has 37 heavy (non-hydrogen) atoms. The average Bonchev–Trinajstić information content (AvgIpc) is 2.88. The Hall–Kier alpha value is -4.12. The molecule has 0 aromatic heterocycles. The molecule has 190 valence electrons. The minimum atomic E-state index is -0.959. The third-order valence-electron chi connectivity index (χ3n) is 6.72. The summed E-state index contributed by atoms with van der Waals surface area (Å²) in [6, 6.07) is 27.2. The first-order valence-corrected chi connectivity index (χ1v) is 12.6. The predicted octanol–water partition coefficient (Wildman–Crippen LogP) is 6.96. The molecule has 0 radical (unpaired) electrons. The van der Waals surface area contributed by atoms with E-state index in [1.807, 2.05) is 67.5 Å². The number of hydrogen-bond acceptors (Lipinski definition) is 3. The number of carboxylic acid groups (broad SMARTS) is 1. The lowest BCUT2D eigenvalue weighted by Gasteiger charge is -2.23. The molecule has 2 N–H and O–H groups in total.